The number of nitrogens with one attached hydrogen (secondary N) is 1. The summed E-state index contributed by atoms with van der Waals surface area (Å²) in [4.78, 5) is 4.47. The molecule has 3 N–H and O–H groups in total. The van der Waals surface area contributed by atoms with Crippen LogP contribution in [-0.4, -0.2) is 39.4 Å². The van der Waals surface area contributed by atoms with Gasteiger partial charge in [0.2, 0.25) is 0 Å². The average molecular weight is 563 g/mol. The van der Waals surface area contributed by atoms with Crippen LogP contribution in [0.4, 0.5) is 13.2 Å². The maximum Gasteiger partial charge on any atom is 0.416 e. The van der Waals surface area contributed by atoms with E-state index in [9.17, 15) is 13.2 Å². The summed E-state index contributed by atoms with van der Waals surface area (Å²) in [5.41, 5.74) is 6.63. The average Bonchev–Trinajstić information content (AvgIpc) is 2.78. The summed E-state index contributed by atoms with van der Waals surface area (Å²) >= 11 is 0. The predicted molar refractivity (Wildman–Crippen MR) is 130 cm³/mol. The van der Waals surface area contributed by atoms with Crippen molar-refractivity contribution in [2.45, 2.75) is 30.9 Å². The Bertz CT molecular complexity index is 883. The summed E-state index contributed by atoms with van der Waals surface area (Å²) in [6, 6.07) is 13.3. The van der Waals surface area contributed by atoms with E-state index in [1.54, 1.807) is 13.2 Å². The second-order valence-corrected chi connectivity index (χ2v) is 7.70. The first-order chi connectivity index (χ1) is 14.8. The van der Waals surface area contributed by atoms with Gasteiger partial charge in [-0.15, -0.1) is 24.0 Å². The predicted octanol–water partition coefficient (Wildman–Crippen LogP) is 4.53. The molecule has 9 heteroatoms. The van der Waals surface area contributed by atoms with Gasteiger partial charge in [-0.25, -0.2) is 0 Å². The van der Waals surface area contributed by atoms with Gasteiger partial charge in [0.05, 0.1) is 19.2 Å². The Hall–Kier alpha value is -2.01. The van der Waals surface area contributed by atoms with Crippen LogP contribution in [0.2, 0.25) is 0 Å². The van der Waals surface area contributed by atoms with Gasteiger partial charge < -0.3 is 20.5 Å². The van der Waals surface area contributed by atoms with Crippen molar-refractivity contribution in [3.05, 3.63) is 65.2 Å². The third-order valence-electron chi connectivity index (χ3n) is 5.68. The van der Waals surface area contributed by atoms with Gasteiger partial charge in [0.1, 0.15) is 5.75 Å². The van der Waals surface area contributed by atoms with Gasteiger partial charge in [0.15, 0.2) is 5.96 Å². The van der Waals surface area contributed by atoms with Crippen LogP contribution in [0.1, 0.15) is 29.5 Å². The highest BCUT2D eigenvalue weighted by Crippen LogP contribution is 2.38. The molecular weight excluding hydrogens is 534 g/mol. The molecule has 1 heterocycles. The zero-order chi connectivity index (χ0) is 22.3. The van der Waals surface area contributed by atoms with E-state index in [4.69, 9.17) is 15.2 Å². The summed E-state index contributed by atoms with van der Waals surface area (Å²) in [5, 5.41) is 3.09. The van der Waals surface area contributed by atoms with Crippen LogP contribution < -0.4 is 15.8 Å². The number of nitrogens with two attached hydrogens (primary N) is 1. The SMILES string of the molecule is COc1ccc(CCNC(N)=NCC2(c3cccc(C(F)(F)F)c3)CCOCC2)cc1.I. The fourth-order valence-electron chi connectivity index (χ4n) is 3.75. The minimum atomic E-state index is -4.38. The number of halogens is 4. The standard InChI is InChI=1S/C23H28F3N3O2.HI/c1-30-20-7-5-17(6-8-20)9-12-28-21(27)29-16-22(10-13-31-14-11-22)18-3-2-4-19(15-18)23(24,25)26;/h2-8,15H,9-14,16H2,1H3,(H3,27,28,29);1H. The molecule has 1 saturated heterocycles. The second-order valence-electron chi connectivity index (χ2n) is 7.70. The molecule has 0 saturated carbocycles. The molecule has 0 amide bonds. The van der Waals surface area contributed by atoms with Crippen LogP contribution in [0.3, 0.4) is 0 Å². The van der Waals surface area contributed by atoms with Crippen molar-refractivity contribution < 1.29 is 22.6 Å². The lowest BCUT2D eigenvalue weighted by molar-refractivity contribution is -0.137. The van der Waals surface area contributed by atoms with Gasteiger partial charge in [-0.1, -0.05) is 30.3 Å². The zero-order valence-corrected chi connectivity index (χ0v) is 20.3. The van der Waals surface area contributed by atoms with Gasteiger partial charge in [-0.3, -0.25) is 4.99 Å². The largest absolute Gasteiger partial charge is 0.497 e. The van der Waals surface area contributed by atoms with E-state index in [1.807, 2.05) is 24.3 Å². The van der Waals surface area contributed by atoms with E-state index < -0.39 is 17.2 Å². The molecule has 5 nitrogen and oxygen atoms in total. The number of ether oxygens (including phenoxy) is 2. The van der Waals surface area contributed by atoms with E-state index in [0.29, 0.717) is 44.7 Å². The second kappa shape index (κ2) is 11.7. The van der Waals surface area contributed by atoms with E-state index in [-0.39, 0.29) is 29.9 Å². The number of methoxy groups -OCH3 is 1. The molecule has 0 aromatic heterocycles. The highest BCUT2D eigenvalue weighted by atomic mass is 127. The molecule has 1 aliphatic heterocycles. The van der Waals surface area contributed by atoms with Gasteiger partial charge >= 0.3 is 6.18 Å². The number of rotatable bonds is 7. The highest BCUT2D eigenvalue weighted by molar-refractivity contribution is 14.0. The summed E-state index contributed by atoms with van der Waals surface area (Å²) in [5.74, 6) is 1.08. The number of hydrogen-bond donors (Lipinski definition) is 2. The molecule has 32 heavy (non-hydrogen) atoms. The summed E-state index contributed by atoms with van der Waals surface area (Å²) in [6.07, 6.45) is -2.44. The summed E-state index contributed by atoms with van der Waals surface area (Å²) < 4.78 is 50.2. The molecule has 0 spiro atoms. The number of hydrogen-bond acceptors (Lipinski definition) is 3. The van der Waals surface area contributed by atoms with Crippen LogP contribution in [0, 0.1) is 0 Å². The Morgan fingerprint density at radius 2 is 1.84 bits per heavy atom. The minimum Gasteiger partial charge on any atom is -0.497 e. The maximum atomic E-state index is 13.2. The van der Waals surface area contributed by atoms with Crippen molar-refractivity contribution >= 4 is 29.9 Å². The van der Waals surface area contributed by atoms with Crippen molar-refractivity contribution in [2.24, 2.45) is 10.7 Å². The maximum absolute atomic E-state index is 13.2. The quantitative estimate of drug-likeness (QED) is 0.295. The lowest BCUT2D eigenvalue weighted by Crippen LogP contribution is -2.39. The van der Waals surface area contributed by atoms with E-state index in [0.717, 1.165) is 23.8 Å². The first-order valence-electron chi connectivity index (χ1n) is 10.2. The minimum absolute atomic E-state index is 0. The molecule has 3 rings (SSSR count). The van der Waals surface area contributed by atoms with Crippen molar-refractivity contribution in [1.29, 1.82) is 0 Å². The van der Waals surface area contributed by atoms with Crippen LogP contribution in [0.15, 0.2) is 53.5 Å². The molecule has 0 unspecified atom stereocenters. The van der Waals surface area contributed by atoms with Gasteiger partial charge in [0.25, 0.3) is 0 Å². The number of alkyl halides is 3. The Morgan fingerprint density at radius 1 is 1.16 bits per heavy atom. The Labute approximate surface area is 203 Å². The van der Waals surface area contributed by atoms with Crippen LogP contribution in [0.25, 0.3) is 0 Å². The van der Waals surface area contributed by atoms with Crippen LogP contribution in [0.5, 0.6) is 5.75 Å². The smallest absolute Gasteiger partial charge is 0.416 e. The molecular formula is C23H29F3IN3O2. The number of nitrogens with zero attached hydrogens (tertiary/aromatic N) is 1. The van der Waals surface area contributed by atoms with Crippen LogP contribution >= 0.6 is 24.0 Å². The molecule has 0 aliphatic carbocycles. The number of guanidine groups is 1. The fourth-order valence-corrected chi connectivity index (χ4v) is 3.75. The normalized spacial score (nSPS) is 16.2. The monoisotopic (exact) mass is 563 g/mol. The summed E-state index contributed by atoms with van der Waals surface area (Å²) in [7, 11) is 1.62. The first-order valence-corrected chi connectivity index (χ1v) is 10.2. The molecule has 1 aliphatic rings. The zero-order valence-electron chi connectivity index (χ0n) is 18.0. The van der Waals surface area contributed by atoms with Crippen molar-refractivity contribution in [1.82, 2.24) is 5.32 Å². The molecule has 2 aromatic carbocycles. The Kier molecular flexibility index (Phi) is 9.63. The third-order valence-corrected chi connectivity index (χ3v) is 5.68. The summed E-state index contributed by atoms with van der Waals surface area (Å²) in [6.45, 7) is 1.87. The molecule has 2 aromatic rings. The van der Waals surface area contributed by atoms with Gasteiger partial charge in [-0.05, 0) is 48.6 Å². The van der Waals surface area contributed by atoms with E-state index in [1.165, 1.54) is 12.1 Å². The van der Waals surface area contributed by atoms with Crippen molar-refractivity contribution in [2.75, 3.05) is 33.4 Å². The molecule has 1 fully saturated rings. The van der Waals surface area contributed by atoms with Crippen molar-refractivity contribution in [3.8, 4) is 5.75 Å². The topological polar surface area (TPSA) is 68.9 Å². The lowest BCUT2D eigenvalue weighted by atomic mass is 9.74. The molecule has 176 valence electrons. The first kappa shape index (κ1) is 26.2. The third kappa shape index (κ3) is 6.99. The van der Waals surface area contributed by atoms with E-state index >= 15 is 0 Å². The van der Waals surface area contributed by atoms with E-state index in [2.05, 4.69) is 10.3 Å². The number of benzene rings is 2. The fraction of sp³-hybridized carbons (Fsp3) is 0.435. The van der Waals surface area contributed by atoms with Crippen LogP contribution in [-0.2, 0) is 22.7 Å². The molecule has 0 bridgehead atoms. The molecule has 0 radical (unpaired) electrons. The van der Waals surface area contributed by atoms with Gasteiger partial charge in [0, 0.05) is 25.2 Å². The van der Waals surface area contributed by atoms with Crippen molar-refractivity contribution in [3.63, 3.8) is 0 Å². The Morgan fingerprint density at radius 3 is 2.47 bits per heavy atom. The Balaban J connectivity index is 0.00000363. The number of aliphatic imine (C=N–C) groups is 1. The lowest BCUT2D eigenvalue weighted by Gasteiger charge is -2.37. The van der Waals surface area contributed by atoms with Gasteiger partial charge in [-0.2, -0.15) is 13.2 Å². The molecule has 0 atom stereocenters. The highest BCUT2D eigenvalue weighted by Gasteiger charge is 2.37.